The quantitative estimate of drug-likeness (QED) is 0.632. The van der Waals surface area contributed by atoms with Crippen LogP contribution in [0.3, 0.4) is 0 Å². The number of nitrogens with one attached hydrogen (secondary N) is 1. The van der Waals surface area contributed by atoms with E-state index >= 15 is 0 Å². The van der Waals surface area contributed by atoms with Crippen LogP contribution >= 0.6 is 0 Å². The van der Waals surface area contributed by atoms with Crippen LogP contribution < -0.4 is 0 Å². The number of ether oxygens (including phenoxy) is 2. The Balaban J connectivity index is 1.68. The van der Waals surface area contributed by atoms with Gasteiger partial charge in [0.05, 0.1) is 18.2 Å². The summed E-state index contributed by atoms with van der Waals surface area (Å²) in [5.74, 6) is -0.136. The Bertz CT molecular complexity index is 1070. The van der Waals surface area contributed by atoms with E-state index < -0.39 is 28.5 Å². The van der Waals surface area contributed by atoms with E-state index in [1.807, 2.05) is 0 Å². The predicted octanol–water partition coefficient (Wildman–Crippen LogP) is 4.70. The lowest BCUT2D eigenvalue weighted by atomic mass is 9.37. The van der Waals surface area contributed by atoms with Gasteiger partial charge in [-0.1, -0.05) is 34.6 Å². The molecule has 0 saturated heterocycles. The van der Waals surface area contributed by atoms with Gasteiger partial charge in [0.15, 0.2) is 6.10 Å². The summed E-state index contributed by atoms with van der Waals surface area (Å²) in [7, 11) is 0. The van der Waals surface area contributed by atoms with Crippen LogP contribution in [0.15, 0.2) is 24.2 Å². The third-order valence-corrected chi connectivity index (χ3v) is 10.2. The number of rotatable bonds is 2. The molecule has 0 radical (unpaired) electrons. The molecule has 7 nitrogen and oxygen atoms in total. The highest BCUT2D eigenvalue weighted by Gasteiger charge is 2.69. The van der Waals surface area contributed by atoms with Crippen LogP contribution in [0.1, 0.15) is 85.4 Å². The first-order valence-corrected chi connectivity index (χ1v) is 12.5. The number of cyclic esters (lactones) is 1. The fourth-order valence-corrected chi connectivity index (χ4v) is 8.61. The Hall–Kier alpha value is -2.44. The van der Waals surface area contributed by atoms with Crippen LogP contribution in [-0.2, 0) is 23.9 Å². The second-order valence-electron chi connectivity index (χ2n) is 12.2. The Labute approximate surface area is 201 Å². The first-order chi connectivity index (χ1) is 15.8. The third kappa shape index (κ3) is 2.94. The van der Waals surface area contributed by atoms with Gasteiger partial charge in [0.2, 0.25) is 0 Å². The maximum absolute atomic E-state index is 13.0. The molecule has 7 atom stereocenters. The number of imidazole rings is 1. The lowest BCUT2D eigenvalue weighted by Gasteiger charge is -2.68. The van der Waals surface area contributed by atoms with E-state index in [0.29, 0.717) is 18.6 Å². The monoisotopic (exact) mass is 468 g/mol. The summed E-state index contributed by atoms with van der Waals surface area (Å²) < 4.78 is 12.0. The largest absolute Gasteiger partial charge is 0.462 e. The average Bonchev–Trinajstić information content (AvgIpc) is 3.28. The normalized spacial score (nSPS) is 43.1. The summed E-state index contributed by atoms with van der Waals surface area (Å²) in [6.45, 7) is 12.2. The number of aromatic nitrogens is 2. The zero-order chi connectivity index (χ0) is 24.7. The molecule has 0 aromatic carbocycles. The van der Waals surface area contributed by atoms with Gasteiger partial charge >= 0.3 is 11.9 Å². The number of nitrogens with zero attached hydrogens (tertiary/aromatic N) is 1. The predicted molar refractivity (Wildman–Crippen MR) is 124 cm³/mol. The van der Waals surface area contributed by atoms with Gasteiger partial charge in [-0.15, -0.1) is 0 Å². The molecule has 1 N–H and O–H groups in total. The van der Waals surface area contributed by atoms with Gasteiger partial charge in [-0.3, -0.25) is 9.59 Å². The number of H-pyrrole nitrogens is 1. The standard InChI is InChI=1S/C27H36N2O5/c1-15(30)33-21-11-18-24(2,3)20(31)8-10-25(18,4)17-7-9-26(5)19(27(17,21)6)12-22(32)34-23(26)16-13-28-14-29-16/h12-14,17-18,21,23H,7-11H2,1-6H3,(H,28,29)/t17?,18?,21-,23+,25?,26-,27?/m1/s1. The number of ketones is 1. The molecule has 3 saturated carbocycles. The van der Waals surface area contributed by atoms with Crippen LogP contribution in [-0.4, -0.2) is 33.8 Å². The molecule has 1 aromatic rings. The summed E-state index contributed by atoms with van der Waals surface area (Å²) in [4.78, 5) is 45.6. The highest BCUT2D eigenvalue weighted by molar-refractivity contribution is 5.86. The molecular formula is C27H36N2O5. The van der Waals surface area contributed by atoms with Crippen LogP contribution in [0.2, 0.25) is 0 Å². The first kappa shape index (κ1) is 23.3. The van der Waals surface area contributed by atoms with Crippen molar-refractivity contribution in [3.63, 3.8) is 0 Å². The number of fused-ring (bicyclic) bond motifs is 5. The number of hydrogen-bond acceptors (Lipinski definition) is 6. The zero-order valence-corrected chi connectivity index (χ0v) is 21.1. The lowest BCUT2D eigenvalue weighted by Crippen LogP contribution is -2.66. The molecule has 1 aliphatic heterocycles. The molecule has 34 heavy (non-hydrogen) atoms. The van der Waals surface area contributed by atoms with E-state index in [-0.39, 0.29) is 29.2 Å². The first-order valence-electron chi connectivity index (χ1n) is 12.5. The Morgan fingerprint density at radius 2 is 1.88 bits per heavy atom. The molecule has 2 heterocycles. The molecule has 0 amide bonds. The van der Waals surface area contributed by atoms with Crippen LogP contribution in [0, 0.1) is 33.5 Å². The molecule has 1 aromatic heterocycles. The fraction of sp³-hybridized carbons (Fsp3) is 0.704. The van der Waals surface area contributed by atoms with Gasteiger partial charge in [-0.25, -0.2) is 9.78 Å². The van der Waals surface area contributed by atoms with E-state index in [0.717, 1.165) is 30.5 Å². The average molecular weight is 469 g/mol. The second-order valence-corrected chi connectivity index (χ2v) is 12.2. The molecule has 184 valence electrons. The van der Waals surface area contributed by atoms with Crippen molar-refractivity contribution in [3.8, 4) is 0 Å². The van der Waals surface area contributed by atoms with E-state index in [9.17, 15) is 14.4 Å². The van der Waals surface area contributed by atoms with Crippen molar-refractivity contribution in [1.29, 1.82) is 0 Å². The SMILES string of the molecule is CC(=O)O[C@@H]1CC2C(C)(C)C(=O)CCC2(C)C2CC[C@]3(C)C(=CC(=O)O[C@H]3c3cnc[nH]3)C21C. The summed E-state index contributed by atoms with van der Waals surface area (Å²) in [5, 5.41) is 0. The topological polar surface area (TPSA) is 98.3 Å². The Morgan fingerprint density at radius 3 is 2.53 bits per heavy atom. The summed E-state index contributed by atoms with van der Waals surface area (Å²) in [6.07, 6.45) is 7.83. The van der Waals surface area contributed by atoms with Gasteiger partial charge in [-0.2, -0.15) is 0 Å². The van der Waals surface area contributed by atoms with Crippen LogP contribution in [0.4, 0.5) is 0 Å². The van der Waals surface area contributed by atoms with Gasteiger partial charge < -0.3 is 14.5 Å². The Kier molecular flexibility index (Phi) is 4.99. The minimum absolute atomic E-state index is 0.101. The summed E-state index contributed by atoms with van der Waals surface area (Å²) in [6, 6.07) is 0. The number of carbonyl (C=O) groups excluding carboxylic acids is 3. The highest BCUT2D eigenvalue weighted by Crippen LogP contribution is 2.72. The minimum Gasteiger partial charge on any atom is -0.462 e. The highest BCUT2D eigenvalue weighted by atomic mass is 16.5. The van der Waals surface area contributed by atoms with Gasteiger partial charge in [0.25, 0.3) is 0 Å². The van der Waals surface area contributed by atoms with E-state index in [1.165, 1.54) is 6.92 Å². The van der Waals surface area contributed by atoms with Crippen molar-refractivity contribution in [2.24, 2.45) is 33.5 Å². The molecule has 4 aliphatic rings. The molecular weight excluding hydrogens is 432 g/mol. The smallest absolute Gasteiger partial charge is 0.331 e. The molecule has 3 aliphatic carbocycles. The molecule has 4 unspecified atom stereocenters. The van der Waals surface area contributed by atoms with Gasteiger partial charge in [-0.05, 0) is 48.5 Å². The number of Topliss-reactive ketones (excluding diaryl/α,β-unsaturated/α-hetero) is 1. The van der Waals surface area contributed by atoms with E-state index in [4.69, 9.17) is 9.47 Å². The number of aromatic amines is 1. The number of esters is 2. The van der Waals surface area contributed by atoms with Crippen molar-refractivity contribution in [1.82, 2.24) is 9.97 Å². The Morgan fingerprint density at radius 1 is 1.15 bits per heavy atom. The van der Waals surface area contributed by atoms with E-state index in [1.54, 1.807) is 18.6 Å². The third-order valence-electron chi connectivity index (χ3n) is 10.2. The van der Waals surface area contributed by atoms with E-state index in [2.05, 4.69) is 44.6 Å². The van der Waals surface area contributed by atoms with Crippen molar-refractivity contribution in [3.05, 3.63) is 29.9 Å². The van der Waals surface area contributed by atoms with Crippen LogP contribution in [0.25, 0.3) is 0 Å². The molecule has 5 rings (SSSR count). The maximum atomic E-state index is 13.0. The van der Waals surface area contributed by atoms with Crippen molar-refractivity contribution in [2.45, 2.75) is 85.9 Å². The summed E-state index contributed by atoms with van der Waals surface area (Å²) >= 11 is 0. The van der Waals surface area contributed by atoms with Gasteiger partial charge in [0.1, 0.15) is 11.9 Å². The van der Waals surface area contributed by atoms with Gasteiger partial charge in [0, 0.05) is 35.7 Å². The minimum atomic E-state index is -0.544. The second kappa shape index (κ2) is 7.28. The van der Waals surface area contributed by atoms with Crippen molar-refractivity contribution < 1.29 is 23.9 Å². The molecule has 7 heteroatoms. The fourth-order valence-electron chi connectivity index (χ4n) is 8.61. The number of carbonyl (C=O) groups is 3. The number of hydrogen-bond donors (Lipinski definition) is 1. The van der Waals surface area contributed by atoms with Crippen LogP contribution in [0.5, 0.6) is 0 Å². The zero-order valence-electron chi connectivity index (χ0n) is 21.1. The maximum Gasteiger partial charge on any atom is 0.331 e. The van der Waals surface area contributed by atoms with Crippen molar-refractivity contribution >= 4 is 17.7 Å². The molecule has 3 fully saturated rings. The molecule has 0 spiro atoms. The molecule has 0 bridgehead atoms. The lowest BCUT2D eigenvalue weighted by molar-refractivity contribution is -0.210. The summed E-state index contributed by atoms with van der Waals surface area (Å²) in [5.41, 5.74) is 0.206. The van der Waals surface area contributed by atoms with Crippen molar-refractivity contribution in [2.75, 3.05) is 0 Å².